The molecule has 0 aliphatic rings. The molecule has 1 aromatic heterocycles. The largest absolute Gasteiger partial charge is 0.366 e. The zero-order valence-electron chi connectivity index (χ0n) is 8.21. The summed E-state index contributed by atoms with van der Waals surface area (Å²) in [7, 11) is 0. The molecule has 0 aliphatic carbocycles. The van der Waals surface area contributed by atoms with E-state index in [9.17, 15) is 4.79 Å². The average molecular weight is 202 g/mol. The number of carbonyl (C=O) groups excluding carboxylic acids is 1. The van der Waals surface area contributed by atoms with Crippen LogP contribution in [0.4, 0.5) is 5.95 Å². The number of nitrogens with zero attached hydrogens (tertiary/aromatic N) is 3. The highest BCUT2D eigenvalue weighted by molar-refractivity contribution is 5.96. The van der Waals surface area contributed by atoms with Crippen LogP contribution in [0.5, 0.6) is 0 Å². The van der Waals surface area contributed by atoms with Gasteiger partial charge in [0.25, 0.3) is 5.91 Å². The number of hydrogen-bond donors (Lipinski definition) is 1. The lowest BCUT2D eigenvalue weighted by atomic mass is 10.1. The fourth-order valence-electron chi connectivity index (χ4n) is 1.31. The van der Waals surface area contributed by atoms with E-state index < -0.39 is 0 Å². The molecule has 76 valence electrons. The summed E-state index contributed by atoms with van der Waals surface area (Å²) in [6.45, 7) is 1.87. The minimum Gasteiger partial charge on any atom is -0.366 e. The molecule has 0 spiro atoms. The molecule has 2 aromatic rings. The molecule has 0 unspecified atom stereocenters. The standard InChI is InChI=1S/C10H10N4O/c1-7-4-2-3-5-8(7)9(15)14-6-12-10(11)13-14/h2-6H,1H3,(H2,11,13). The van der Waals surface area contributed by atoms with Gasteiger partial charge in [0, 0.05) is 5.56 Å². The number of carbonyl (C=O) groups is 1. The zero-order chi connectivity index (χ0) is 10.8. The van der Waals surface area contributed by atoms with Crippen LogP contribution in [0, 0.1) is 6.92 Å². The third kappa shape index (κ3) is 1.71. The quantitative estimate of drug-likeness (QED) is 0.744. The molecule has 0 atom stereocenters. The first-order valence-electron chi connectivity index (χ1n) is 4.46. The molecule has 0 saturated heterocycles. The van der Waals surface area contributed by atoms with E-state index in [0.29, 0.717) is 5.56 Å². The summed E-state index contributed by atoms with van der Waals surface area (Å²) in [6, 6.07) is 7.30. The minimum absolute atomic E-state index is 0.0944. The van der Waals surface area contributed by atoms with E-state index in [1.807, 2.05) is 19.1 Å². The number of hydrogen-bond acceptors (Lipinski definition) is 4. The van der Waals surface area contributed by atoms with Gasteiger partial charge in [0.2, 0.25) is 5.95 Å². The zero-order valence-corrected chi connectivity index (χ0v) is 8.21. The van der Waals surface area contributed by atoms with Gasteiger partial charge in [-0.3, -0.25) is 4.79 Å². The van der Waals surface area contributed by atoms with Crippen LogP contribution >= 0.6 is 0 Å². The van der Waals surface area contributed by atoms with Crippen LogP contribution in [0.15, 0.2) is 30.6 Å². The fourth-order valence-corrected chi connectivity index (χ4v) is 1.31. The Morgan fingerprint density at radius 1 is 1.40 bits per heavy atom. The van der Waals surface area contributed by atoms with Crippen LogP contribution in [0.25, 0.3) is 0 Å². The Bertz CT molecular complexity index is 504. The highest BCUT2D eigenvalue weighted by Crippen LogP contribution is 2.08. The minimum atomic E-state index is -0.225. The van der Waals surface area contributed by atoms with Crippen molar-refractivity contribution in [2.24, 2.45) is 0 Å². The molecule has 5 heteroatoms. The summed E-state index contributed by atoms with van der Waals surface area (Å²) >= 11 is 0. The lowest BCUT2D eigenvalue weighted by Gasteiger charge is -2.02. The Morgan fingerprint density at radius 2 is 2.13 bits per heavy atom. The van der Waals surface area contributed by atoms with E-state index in [2.05, 4.69) is 10.1 Å². The highest BCUT2D eigenvalue weighted by atomic mass is 16.2. The number of rotatable bonds is 1. The number of nitrogen functional groups attached to an aromatic ring is 1. The summed E-state index contributed by atoms with van der Waals surface area (Å²) in [5.74, 6) is -0.130. The Morgan fingerprint density at radius 3 is 2.73 bits per heavy atom. The molecular weight excluding hydrogens is 192 g/mol. The molecule has 2 N–H and O–H groups in total. The molecule has 1 heterocycles. The molecule has 0 radical (unpaired) electrons. The molecule has 0 amide bonds. The van der Waals surface area contributed by atoms with Crippen LogP contribution in [0.1, 0.15) is 15.9 Å². The summed E-state index contributed by atoms with van der Waals surface area (Å²) in [6.07, 6.45) is 1.31. The van der Waals surface area contributed by atoms with Crippen molar-refractivity contribution in [1.29, 1.82) is 0 Å². The lowest BCUT2D eigenvalue weighted by molar-refractivity contribution is 0.0944. The first kappa shape index (κ1) is 9.39. The van der Waals surface area contributed by atoms with Gasteiger partial charge in [0.15, 0.2) is 0 Å². The van der Waals surface area contributed by atoms with Gasteiger partial charge in [0.05, 0.1) is 0 Å². The average Bonchev–Trinajstić information content (AvgIpc) is 2.65. The van der Waals surface area contributed by atoms with E-state index in [1.54, 1.807) is 12.1 Å². The fraction of sp³-hybridized carbons (Fsp3) is 0.100. The first-order chi connectivity index (χ1) is 7.18. The summed E-state index contributed by atoms with van der Waals surface area (Å²) in [5.41, 5.74) is 6.84. The number of aromatic nitrogens is 3. The van der Waals surface area contributed by atoms with Crippen molar-refractivity contribution in [3.63, 3.8) is 0 Å². The Labute approximate surface area is 86.5 Å². The van der Waals surface area contributed by atoms with Crippen LogP contribution in [-0.2, 0) is 0 Å². The van der Waals surface area contributed by atoms with Crippen molar-refractivity contribution in [2.75, 3.05) is 5.73 Å². The molecule has 0 saturated carbocycles. The SMILES string of the molecule is Cc1ccccc1C(=O)n1cnc(N)n1. The van der Waals surface area contributed by atoms with Gasteiger partial charge in [-0.25, -0.2) is 4.98 Å². The molecule has 0 fully saturated rings. The number of aryl methyl sites for hydroxylation is 1. The maximum atomic E-state index is 11.9. The molecule has 1 aromatic carbocycles. The lowest BCUT2D eigenvalue weighted by Crippen LogP contribution is -2.14. The van der Waals surface area contributed by atoms with Gasteiger partial charge in [-0.1, -0.05) is 18.2 Å². The summed E-state index contributed by atoms with van der Waals surface area (Å²) < 4.78 is 1.14. The molecule has 0 aliphatic heterocycles. The van der Waals surface area contributed by atoms with Gasteiger partial charge in [-0.05, 0) is 18.6 Å². The van der Waals surface area contributed by atoms with Gasteiger partial charge in [-0.2, -0.15) is 4.68 Å². The van der Waals surface area contributed by atoms with Crippen LogP contribution in [0.3, 0.4) is 0 Å². The van der Waals surface area contributed by atoms with Gasteiger partial charge >= 0.3 is 0 Å². The topological polar surface area (TPSA) is 73.8 Å². The van der Waals surface area contributed by atoms with E-state index in [4.69, 9.17) is 5.73 Å². The normalized spacial score (nSPS) is 10.2. The number of benzene rings is 1. The van der Waals surface area contributed by atoms with Crippen molar-refractivity contribution in [3.05, 3.63) is 41.7 Å². The van der Waals surface area contributed by atoms with E-state index in [1.165, 1.54) is 6.33 Å². The maximum absolute atomic E-state index is 11.9. The van der Waals surface area contributed by atoms with Gasteiger partial charge in [0.1, 0.15) is 6.33 Å². The molecule has 0 bridgehead atoms. The highest BCUT2D eigenvalue weighted by Gasteiger charge is 2.11. The van der Waals surface area contributed by atoms with Gasteiger partial charge in [-0.15, -0.1) is 5.10 Å². The first-order valence-corrected chi connectivity index (χ1v) is 4.46. The van der Waals surface area contributed by atoms with E-state index in [-0.39, 0.29) is 11.9 Å². The van der Waals surface area contributed by atoms with Crippen molar-refractivity contribution in [2.45, 2.75) is 6.92 Å². The van der Waals surface area contributed by atoms with Crippen molar-refractivity contribution in [1.82, 2.24) is 14.8 Å². The van der Waals surface area contributed by atoms with Gasteiger partial charge < -0.3 is 5.73 Å². The second kappa shape index (κ2) is 3.53. The molecule has 15 heavy (non-hydrogen) atoms. The summed E-state index contributed by atoms with van der Waals surface area (Å²) in [5, 5.41) is 3.76. The molecular formula is C10H10N4O. The van der Waals surface area contributed by atoms with E-state index >= 15 is 0 Å². The number of anilines is 1. The van der Waals surface area contributed by atoms with Crippen LogP contribution < -0.4 is 5.73 Å². The van der Waals surface area contributed by atoms with Crippen LogP contribution in [0.2, 0.25) is 0 Å². The third-order valence-electron chi connectivity index (χ3n) is 2.09. The second-order valence-electron chi connectivity index (χ2n) is 3.17. The second-order valence-corrected chi connectivity index (χ2v) is 3.17. The summed E-state index contributed by atoms with van der Waals surface area (Å²) in [4.78, 5) is 15.6. The molecule has 5 nitrogen and oxygen atoms in total. The Kier molecular flexibility index (Phi) is 2.21. The number of nitrogens with two attached hydrogens (primary N) is 1. The predicted molar refractivity (Wildman–Crippen MR) is 55.3 cm³/mol. The monoisotopic (exact) mass is 202 g/mol. The Balaban J connectivity index is 2.41. The van der Waals surface area contributed by atoms with Crippen molar-refractivity contribution < 1.29 is 4.79 Å². The maximum Gasteiger partial charge on any atom is 0.279 e. The van der Waals surface area contributed by atoms with Crippen molar-refractivity contribution >= 4 is 11.9 Å². The third-order valence-corrected chi connectivity index (χ3v) is 2.09. The van der Waals surface area contributed by atoms with E-state index in [0.717, 1.165) is 10.2 Å². The smallest absolute Gasteiger partial charge is 0.279 e. The van der Waals surface area contributed by atoms with Crippen LogP contribution in [-0.4, -0.2) is 20.7 Å². The Hall–Kier alpha value is -2.17. The predicted octanol–water partition coefficient (Wildman–Crippen LogP) is 0.857. The van der Waals surface area contributed by atoms with Crippen molar-refractivity contribution in [3.8, 4) is 0 Å². The molecule has 2 rings (SSSR count).